The number of benzene rings is 2. The van der Waals surface area contributed by atoms with Crippen LogP contribution in [0.4, 0.5) is 8.78 Å². The molecule has 0 fully saturated rings. The summed E-state index contributed by atoms with van der Waals surface area (Å²) >= 11 is 6.76. The average molecular weight is 392 g/mol. The van der Waals surface area contributed by atoms with E-state index < -0.39 is 11.6 Å². The van der Waals surface area contributed by atoms with Crippen LogP contribution in [0.5, 0.6) is 5.75 Å². The second-order valence-electron chi connectivity index (χ2n) is 3.96. The molecule has 2 rings (SSSR count). The van der Waals surface area contributed by atoms with Gasteiger partial charge < -0.3 is 4.74 Å². The Morgan fingerprint density at radius 2 is 1.63 bits per heavy atom. The largest absolute Gasteiger partial charge is 0.488 e. The van der Waals surface area contributed by atoms with E-state index in [2.05, 4.69) is 31.9 Å². The third-order valence-corrected chi connectivity index (χ3v) is 3.73. The van der Waals surface area contributed by atoms with Crippen molar-refractivity contribution in [2.45, 2.75) is 11.9 Å². The van der Waals surface area contributed by atoms with Crippen molar-refractivity contribution in [2.75, 3.05) is 0 Å². The zero-order valence-electron chi connectivity index (χ0n) is 9.80. The summed E-state index contributed by atoms with van der Waals surface area (Å²) in [4.78, 5) is 0. The van der Waals surface area contributed by atoms with E-state index in [1.807, 2.05) is 18.2 Å². The van der Waals surface area contributed by atoms with Crippen LogP contribution in [0.2, 0.25) is 0 Å². The Balaban J connectivity index is 2.10. The highest BCUT2D eigenvalue weighted by atomic mass is 79.9. The van der Waals surface area contributed by atoms with E-state index in [1.54, 1.807) is 0 Å². The van der Waals surface area contributed by atoms with Crippen LogP contribution >= 0.6 is 31.9 Å². The Morgan fingerprint density at radius 1 is 0.947 bits per heavy atom. The molecule has 0 unspecified atom stereocenters. The minimum Gasteiger partial charge on any atom is -0.488 e. The number of hydrogen-bond acceptors (Lipinski definition) is 1. The number of hydrogen-bond donors (Lipinski definition) is 0. The van der Waals surface area contributed by atoms with Crippen LogP contribution in [0.3, 0.4) is 0 Å². The van der Waals surface area contributed by atoms with Gasteiger partial charge >= 0.3 is 0 Å². The van der Waals surface area contributed by atoms with Crippen LogP contribution in [-0.2, 0) is 11.9 Å². The van der Waals surface area contributed by atoms with Gasteiger partial charge in [-0.05, 0) is 51.3 Å². The normalized spacial score (nSPS) is 10.5. The van der Waals surface area contributed by atoms with Crippen LogP contribution in [0.1, 0.15) is 11.1 Å². The molecule has 0 bridgehead atoms. The summed E-state index contributed by atoms with van der Waals surface area (Å²) in [6.07, 6.45) is 0. The average Bonchev–Trinajstić information content (AvgIpc) is 2.36. The van der Waals surface area contributed by atoms with Gasteiger partial charge in [-0.2, -0.15) is 0 Å². The van der Waals surface area contributed by atoms with E-state index in [0.717, 1.165) is 21.4 Å². The standard InChI is InChI=1S/C14H10Br2F2O/c15-7-9-1-2-14(13(16)5-9)19-8-10-3-11(17)6-12(18)4-10/h1-6H,7-8H2. The van der Waals surface area contributed by atoms with Crippen LogP contribution in [0.25, 0.3) is 0 Å². The quantitative estimate of drug-likeness (QED) is 0.650. The van der Waals surface area contributed by atoms with E-state index >= 15 is 0 Å². The van der Waals surface area contributed by atoms with Crippen molar-refractivity contribution in [1.82, 2.24) is 0 Å². The maximum atomic E-state index is 13.0. The van der Waals surface area contributed by atoms with Crippen molar-refractivity contribution < 1.29 is 13.5 Å². The molecule has 0 radical (unpaired) electrons. The van der Waals surface area contributed by atoms with Crippen LogP contribution in [0, 0.1) is 11.6 Å². The van der Waals surface area contributed by atoms with Crippen molar-refractivity contribution >= 4 is 31.9 Å². The fourth-order valence-electron chi connectivity index (χ4n) is 1.60. The Bertz CT molecular complexity index is 567. The van der Waals surface area contributed by atoms with Gasteiger partial charge in [0.1, 0.15) is 24.0 Å². The van der Waals surface area contributed by atoms with Crippen molar-refractivity contribution in [2.24, 2.45) is 0 Å². The maximum absolute atomic E-state index is 13.0. The molecule has 0 amide bonds. The van der Waals surface area contributed by atoms with Crippen molar-refractivity contribution in [3.8, 4) is 5.75 Å². The molecule has 0 saturated heterocycles. The Hall–Kier alpha value is -0.940. The van der Waals surface area contributed by atoms with Gasteiger partial charge in [0.25, 0.3) is 0 Å². The van der Waals surface area contributed by atoms with Gasteiger partial charge in [0.05, 0.1) is 4.47 Å². The zero-order valence-corrected chi connectivity index (χ0v) is 13.0. The zero-order chi connectivity index (χ0) is 13.8. The summed E-state index contributed by atoms with van der Waals surface area (Å²) in [5, 5.41) is 0.751. The lowest BCUT2D eigenvalue weighted by atomic mass is 10.2. The molecule has 0 aromatic heterocycles. The van der Waals surface area contributed by atoms with E-state index in [-0.39, 0.29) is 6.61 Å². The number of rotatable bonds is 4. The van der Waals surface area contributed by atoms with Gasteiger partial charge in [0, 0.05) is 11.4 Å². The first-order valence-corrected chi connectivity index (χ1v) is 7.42. The third-order valence-electron chi connectivity index (χ3n) is 2.47. The van der Waals surface area contributed by atoms with Crippen molar-refractivity contribution in [3.05, 3.63) is 63.6 Å². The SMILES string of the molecule is Fc1cc(F)cc(COc2ccc(CBr)cc2Br)c1. The highest BCUT2D eigenvalue weighted by Gasteiger charge is 2.05. The Labute approximate surface area is 126 Å². The number of halogens is 4. The van der Waals surface area contributed by atoms with E-state index in [9.17, 15) is 8.78 Å². The first-order chi connectivity index (χ1) is 9.08. The summed E-state index contributed by atoms with van der Waals surface area (Å²) < 4.78 is 32.4. The summed E-state index contributed by atoms with van der Waals surface area (Å²) in [5.74, 6) is -0.575. The predicted molar refractivity (Wildman–Crippen MR) is 77.5 cm³/mol. The molecule has 100 valence electrons. The Kier molecular flexibility index (Phi) is 4.93. The predicted octanol–water partition coefficient (Wildman–Crippen LogP) is 5.20. The number of alkyl halides is 1. The van der Waals surface area contributed by atoms with Gasteiger partial charge in [-0.3, -0.25) is 0 Å². The van der Waals surface area contributed by atoms with Gasteiger partial charge in [0.2, 0.25) is 0 Å². The molecule has 0 aliphatic carbocycles. The smallest absolute Gasteiger partial charge is 0.134 e. The summed E-state index contributed by atoms with van der Waals surface area (Å²) in [6, 6.07) is 9.01. The highest BCUT2D eigenvalue weighted by Crippen LogP contribution is 2.27. The fourth-order valence-corrected chi connectivity index (χ4v) is 2.49. The molecule has 1 nitrogen and oxygen atoms in total. The second-order valence-corrected chi connectivity index (χ2v) is 5.38. The third kappa shape index (κ3) is 4.01. The van der Waals surface area contributed by atoms with Crippen LogP contribution < -0.4 is 4.74 Å². The first kappa shape index (κ1) is 14.5. The lowest BCUT2D eigenvalue weighted by molar-refractivity contribution is 0.303. The number of ether oxygens (including phenoxy) is 1. The lowest BCUT2D eigenvalue weighted by Crippen LogP contribution is -1.98. The minimum atomic E-state index is -0.604. The topological polar surface area (TPSA) is 9.23 Å². The minimum absolute atomic E-state index is 0.112. The van der Waals surface area contributed by atoms with Gasteiger partial charge in [-0.1, -0.05) is 22.0 Å². The highest BCUT2D eigenvalue weighted by molar-refractivity contribution is 9.10. The molecule has 2 aromatic carbocycles. The fraction of sp³-hybridized carbons (Fsp3) is 0.143. The maximum Gasteiger partial charge on any atom is 0.134 e. The van der Waals surface area contributed by atoms with Crippen molar-refractivity contribution in [1.29, 1.82) is 0 Å². The summed E-state index contributed by atoms with van der Waals surface area (Å²) in [5.41, 5.74) is 1.56. The lowest BCUT2D eigenvalue weighted by Gasteiger charge is -2.09. The van der Waals surface area contributed by atoms with Gasteiger partial charge in [0.15, 0.2) is 0 Å². The molecular formula is C14H10Br2F2O. The molecule has 2 aromatic rings. The van der Waals surface area contributed by atoms with Gasteiger partial charge in [-0.15, -0.1) is 0 Å². The van der Waals surface area contributed by atoms with E-state index in [1.165, 1.54) is 12.1 Å². The van der Waals surface area contributed by atoms with Gasteiger partial charge in [-0.25, -0.2) is 8.78 Å². The molecule has 19 heavy (non-hydrogen) atoms. The Morgan fingerprint density at radius 3 is 2.21 bits per heavy atom. The second kappa shape index (κ2) is 6.48. The molecule has 0 aliphatic rings. The molecule has 0 aliphatic heterocycles. The molecule has 0 saturated carbocycles. The van der Waals surface area contributed by atoms with E-state index in [4.69, 9.17) is 4.74 Å². The van der Waals surface area contributed by atoms with Crippen LogP contribution in [-0.4, -0.2) is 0 Å². The molecule has 5 heteroatoms. The summed E-state index contributed by atoms with van der Waals surface area (Å²) in [6.45, 7) is 0.112. The monoisotopic (exact) mass is 390 g/mol. The molecule has 0 atom stereocenters. The van der Waals surface area contributed by atoms with Crippen LogP contribution in [0.15, 0.2) is 40.9 Å². The van der Waals surface area contributed by atoms with E-state index in [0.29, 0.717) is 11.3 Å². The molecule has 0 N–H and O–H groups in total. The molecule has 0 heterocycles. The van der Waals surface area contributed by atoms with Crippen molar-refractivity contribution in [3.63, 3.8) is 0 Å². The first-order valence-electron chi connectivity index (χ1n) is 5.50. The molecule has 0 spiro atoms. The summed E-state index contributed by atoms with van der Waals surface area (Å²) in [7, 11) is 0. The molecular weight excluding hydrogens is 382 g/mol.